The molecular formula is C29H38Cl2FN3O3. The van der Waals surface area contributed by atoms with E-state index < -0.39 is 29.7 Å². The van der Waals surface area contributed by atoms with Gasteiger partial charge in [-0.3, -0.25) is 9.59 Å². The fourth-order valence-corrected chi connectivity index (χ4v) is 6.88. The molecule has 6 nitrogen and oxygen atoms in total. The van der Waals surface area contributed by atoms with Gasteiger partial charge in [0.25, 0.3) is 0 Å². The Hall–Kier alpha value is -1.93. The monoisotopic (exact) mass is 565 g/mol. The summed E-state index contributed by atoms with van der Waals surface area (Å²) >= 11 is 12.2. The van der Waals surface area contributed by atoms with Gasteiger partial charge in [0, 0.05) is 33.7 Å². The summed E-state index contributed by atoms with van der Waals surface area (Å²) in [6.07, 6.45) is 6.66. The maximum atomic E-state index is 14.1. The van der Waals surface area contributed by atoms with Gasteiger partial charge in [0.2, 0.25) is 11.8 Å². The number of allylic oxidation sites excluding steroid dienone is 4. The maximum Gasteiger partial charge on any atom is 0.237 e. The molecule has 2 amide bonds. The average molecular weight is 567 g/mol. The van der Waals surface area contributed by atoms with Gasteiger partial charge in [0.05, 0.1) is 17.1 Å². The molecule has 2 aliphatic heterocycles. The van der Waals surface area contributed by atoms with E-state index in [4.69, 9.17) is 23.2 Å². The van der Waals surface area contributed by atoms with Gasteiger partial charge < -0.3 is 21.1 Å². The molecule has 1 saturated heterocycles. The van der Waals surface area contributed by atoms with Crippen molar-refractivity contribution < 1.29 is 19.1 Å². The first-order valence-corrected chi connectivity index (χ1v) is 13.9. The summed E-state index contributed by atoms with van der Waals surface area (Å²) in [5, 5.41) is 20.5. The number of amides is 2. The molecule has 38 heavy (non-hydrogen) atoms. The number of alkyl halides is 1. The average Bonchev–Trinajstić information content (AvgIpc) is 3.26. The quantitative estimate of drug-likeness (QED) is 0.340. The predicted octanol–water partition coefficient (Wildman–Crippen LogP) is 5.24. The van der Waals surface area contributed by atoms with Crippen LogP contribution in [0.5, 0.6) is 0 Å². The summed E-state index contributed by atoms with van der Waals surface area (Å²) in [6.45, 7) is 9.30. The first-order valence-electron chi connectivity index (χ1n) is 13.2. The zero-order valence-electron chi connectivity index (χ0n) is 22.6. The van der Waals surface area contributed by atoms with Crippen LogP contribution in [0.25, 0.3) is 0 Å². The van der Waals surface area contributed by atoms with Crippen LogP contribution in [0.2, 0.25) is 5.02 Å². The van der Waals surface area contributed by atoms with Gasteiger partial charge in [-0.05, 0) is 61.3 Å². The van der Waals surface area contributed by atoms with Gasteiger partial charge in [-0.25, -0.2) is 4.39 Å². The Kier molecular flexibility index (Phi) is 8.08. The Morgan fingerprint density at radius 1 is 1.34 bits per heavy atom. The fraction of sp³-hybridized carbons (Fsp3) is 0.586. The highest BCUT2D eigenvalue weighted by atomic mass is 35.5. The van der Waals surface area contributed by atoms with E-state index in [2.05, 4.69) is 36.7 Å². The van der Waals surface area contributed by atoms with Gasteiger partial charge in [-0.1, -0.05) is 69.1 Å². The summed E-state index contributed by atoms with van der Waals surface area (Å²) in [5.41, 5.74) is -0.492. The second-order valence-electron chi connectivity index (χ2n) is 12.6. The van der Waals surface area contributed by atoms with Crippen LogP contribution >= 0.6 is 23.2 Å². The molecular weight excluding hydrogens is 528 g/mol. The van der Waals surface area contributed by atoms with Crippen LogP contribution < -0.4 is 16.0 Å². The Balaban J connectivity index is 1.81. The number of hydrogen-bond acceptors (Lipinski definition) is 4. The molecule has 1 saturated carbocycles. The van der Waals surface area contributed by atoms with E-state index in [9.17, 15) is 19.1 Å². The molecule has 0 bridgehead atoms. The molecule has 2 fully saturated rings. The number of rotatable bonds is 7. The Morgan fingerprint density at radius 3 is 2.63 bits per heavy atom. The first kappa shape index (κ1) is 29.1. The topological polar surface area (TPSA) is 90.5 Å². The van der Waals surface area contributed by atoms with Crippen LogP contribution in [-0.4, -0.2) is 47.3 Å². The van der Waals surface area contributed by atoms with Gasteiger partial charge in [-0.2, -0.15) is 0 Å². The lowest BCUT2D eigenvalue weighted by Gasteiger charge is -2.42. The van der Waals surface area contributed by atoms with Crippen molar-refractivity contribution in [3.05, 3.63) is 52.0 Å². The number of carbonyl (C=O) groups excluding carboxylic acids is 2. The molecule has 1 aromatic rings. The predicted molar refractivity (Wildman–Crippen MR) is 150 cm³/mol. The van der Waals surface area contributed by atoms with Crippen molar-refractivity contribution in [1.82, 2.24) is 10.6 Å². The van der Waals surface area contributed by atoms with Crippen LogP contribution in [-0.2, 0) is 15.0 Å². The molecule has 0 radical (unpaired) electrons. The fourth-order valence-electron chi connectivity index (χ4n) is 6.64. The van der Waals surface area contributed by atoms with Crippen molar-refractivity contribution in [3.8, 4) is 0 Å². The lowest BCUT2D eigenvalue weighted by molar-refractivity contribution is -0.128. The molecule has 4 N–H and O–H groups in total. The molecule has 4 rings (SSSR count). The lowest BCUT2D eigenvalue weighted by Crippen LogP contribution is -2.58. The second kappa shape index (κ2) is 10.6. The van der Waals surface area contributed by atoms with Crippen molar-refractivity contribution in [1.29, 1.82) is 0 Å². The third-order valence-electron chi connectivity index (χ3n) is 8.07. The third kappa shape index (κ3) is 5.53. The molecule has 2 heterocycles. The van der Waals surface area contributed by atoms with Gasteiger partial charge in [0.15, 0.2) is 0 Å². The number of hydrogen-bond donors (Lipinski definition) is 4. The van der Waals surface area contributed by atoms with Crippen molar-refractivity contribution >= 4 is 40.7 Å². The zero-order chi connectivity index (χ0) is 28.0. The van der Waals surface area contributed by atoms with E-state index in [1.165, 1.54) is 6.08 Å². The number of fused-ring (bicyclic) bond motifs is 2. The van der Waals surface area contributed by atoms with Crippen molar-refractivity contribution in [3.63, 3.8) is 0 Å². The molecule has 0 aromatic heterocycles. The van der Waals surface area contributed by atoms with Crippen LogP contribution in [0.15, 0.2) is 41.5 Å². The number of aliphatic hydroxyl groups is 1. The smallest absolute Gasteiger partial charge is 0.237 e. The van der Waals surface area contributed by atoms with Gasteiger partial charge in [0.1, 0.15) is 6.67 Å². The van der Waals surface area contributed by atoms with E-state index in [0.29, 0.717) is 30.0 Å². The highest BCUT2D eigenvalue weighted by molar-refractivity contribution is 6.31. The largest absolute Gasteiger partial charge is 0.390 e. The first-order chi connectivity index (χ1) is 17.7. The molecule has 3 aliphatic rings. The van der Waals surface area contributed by atoms with E-state index in [0.717, 1.165) is 5.56 Å². The molecule has 1 spiro atoms. The molecule has 9 heteroatoms. The number of benzene rings is 1. The van der Waals surface area contributed by atoms with Gasteiger partial charge >= 0.3 is 0 Å². The summed E-state index contributed by atoms with van der Waals surface area (Å²) < 4.78 is 12.9. The summed E-state index contributed by atoms with van der Waals surface area (Å²) in [7, 11) is 0. The van der Waals surface area contributed by atoms with E-state index in [-0.39, 0.29) is 40.3 Å². The summed E-state index contributed by atoms with van der Waals surface area (Å²) in [5.74, 6) is -1.09. The molecule has 1 unspecified atom stereocenters. The SMILES string of the molecule is CC(/C=C\C=C(\Cl)CF)[C@H]1[C@H](C(=O)N[C@H]2C[C@](C)(O)C2)N[C@H](CC(C)(C)C)[C@]12C(=O)Nc1cc(Cl)ccc12. The molecule has 1 aromatic carbocycles. The minimum absolute atomic E-state index is 0.0724. The number of halogens is 3. The van der Waals surface area contributed by atoms with Crippen molar-refractivity contribution in [2.24, 2.45) is 17.3 Å². The van der Waals surface area contributed by atoms with Crippen molar-refractivity contribution in [2.75, 3.05) is 12.0 Å². The minimum Gasteiger partial charge on any atom is -0.390 e. The Labute approximate surface area is 234 Å². The number of nitrogens with one attached hydrogen (secondary N) is 3. The second-order valence-corrected chi connectivity index (χ2v) is 13.5. The Morgan fingerprint density at radius 2 is 2.03 bits per heavy atom. The number of anilines is 1. The summed E-state index contributed by atoms with van der Waals surface area (Å²) in [6, 6.07) is 4.28. The normalized spacial score (nSPS) is 33.8. The third-order valence-corrected chi connectivity index (χ3v) is 8.53. The number of carbonyl (C=O) groups is 2. The van der Waals surface area contributed by atoms with Crippen LogP contribution in [0, 0.1) is 17.3 Å². The molecule has 5 atom stereocenters. The standard InChI is InChI=1S/C29H38Cl2FN3O3/c1-16(7-6-8-18(31)15-32)23-24(25(36)33-19-12-28(5,38)13-19)35-22(14-27(2,3)4)29(23)20-10-9-17(30)11-21(20)34-26(29)37/h6-11,16,19,22-24,35,38H,12-15H2,1-5H3,(H,33,36)(H,34,37)/b7-6-,18-8+/t16?,19-,22-,23+,24-,28-,29+/m1/s1. The highest BCUT2D eigenvalue weighted by Gasteiger charge is 2.66. The zero-order valence-corrected chi connectivity index (χ0v) is 24.1. The van der Waals surface area contributed by atoms with Crippen LogP contribution in [0.3, 0.4) is 0 Å². The summed E-state index contributed by atoms with van der Waals surface area (Å²) in [4.78, 5) is 27.9. The van der Waals surface area contributed by atoms with E-state index in [1.807, 2.05) is 19.1 Å². The van der Waals surface area contributed by atoms with E-state index >= 15 is 0 Å². The highest BCUT2D eigenvalue weighted by Crippen LogP contribution is 2.55. The van der Waals surface area contributed by atoms with Crippen LogP contribution in [0.4, 0.5) is 10.1 Å². The van der Waals surface area contributed by atoms with Crippen LogP contribution in [0.1, 0.15) is 59.4 Å². The van der Waals surface area contributed by atoms with Crippen molar-refractivity contribution in [2.45, 2.75) is 83.0 Å². The van der Waals surface area contributed by atoms with Gasteiger partial charge in [-0.15, -0.1) is 0 Å². The molecule has 208 valence electrons. The lowest BCUT2D eigenvalue weighted by atomic mass is 9.61. The molecule has 1 aliphatic carbocycles. The van der Waals surface area contributed by atoms with E-state index in [1.54, 1.807) is 25.1 Å². The minimum atomic E-state index is -1.04. The maximum absolute atomic E-state index is 14.1. The Bertz CT molecular complexity index is 1150.